The molecule has 3 nitrogen and oxygen atoms in total. The summed E-state index contributed by atoms with van der Waals surface area (Å²) < 4.78 is 21.8. The van der Waals surface area contributed by atoms with Gasteiger partial charge in [-0.1, -0.05) is 0 Å². The topological polar surface area (TPSA) is 35.5 Å². The van der Waals surface area contributed by atoms with E-state index in [0.29, 0.717) is 0 Å². The second kappa shape index (κ2) is 5.55. The number of rotatable bonds is 5. The third kappa shape index (κ3) is 5.49. The molecule has 0 fully saturated rings. The molecule has 0 aromatic heterocycles. The van der Waals surface area contributed by atoms with Gasteiger partial charge in [-0.3, -0.25) is 9.05 Å². The summed E-state index contributed by atoms with van der Waals surface area (Å²) in [5.41, 5.74) is 0. The van der Waals surface area contributed by atoms with E-state index in [4.69, 9.17) is 9.05 Å². The molecule has 0 unspecified atom stereocenters. The molecule has 0 heterocycles. The average Bonchev–Trinajstić information content (AvgIpc) is 1.83. The van der Waals surface area contributed by atoms with Crippen molar-refractivity contribution in [3.8, 4) is 0 Å². The van der Waals surface area contributed by atoms with Crippen molar-refractivity contribution in [1.82, 2.24) is 0 Å². The zero-order valence-electron chi connectivity index (χ0n) is 7.64. The van der Waals surface area contributed by atoms with Crippen LogP contribution in [-0.4, -0.2) is 12.2 Å². The van der Waals surface area contributed by atoms with Crippen molar-refractivity contribution in [3.63, 3.8) is 0 Å². The predicted octanol–water partition coefficient (Wildman–Crippen LogP) is 3.79. The second-order valence-corrected chi connectivity index (χ2v) is 7.43. The van der Waals surface area contributed by atoms with E-state index < -0.39 is 6.80 Å². The summed E-state index contributed by atoms with van der Waals surface area (Å²) in [6, 6.07) is 0. The highest BCUT2D eigenvalue weighted by Gasteiger charge is 2.27. The van der Waals surface area contributed by atoms with Gasteiger partial charge in [-0.05, 0) is 39.4 Å². The highest BCUT2D eigenvalue weighted by atomic mass is 33.3. The molecular weight excluding hydrogens is 215 g/mol. The summed E-state index contributed by atoms with van der Waals surface area (Å²) >= 11 is 4.63. The van der Waals surface area contributed by atoms with E-state index in [1.807, 2.05) is 0 Å². The van der Waals surface area contributed by atoms with Crippen LogP contribution in [0.2, 0.25) is 0 Å². The first kappa shape index (κ1) is 12.8. The molecule has 0 aliphatic heterocycles. The first-order valence-corrected chi connectivity index (χ1v) is 7.57. The van der Waals surface area contributed by atoms with Crippen molar-refractivity contribution in [2.45, 2.75) is 39.9 Å². The van der Waals surface area contributed by atoms with E-state index in [9.17, 15) is 4.57 Å². The molecule has 1 radical (unpaired) electrons. The summed E-state index contributed by atoms with van der Waals surface area (Å²) in [5.74, 6) is 0. The van der Waals surface area contributed by atoms with Crippen LogP contribution in [0.25, 0.3) is 0 Å². The smallest absolute Gasteiger partial charge is 0.297 e. The van der Waals surface area contributed by atoms with E-state index in [-0.39, 0.29) is 12.2 Å². The Kier molecular flexibility index (Phi) is 5.95. The van der Waals surface area contributed by atoms with E-state index in [0.717, 1.165) is 10.4 Å². The lowest BCUT2D eigenvalue weighted by atomic mass is 10.5. The van der Waals surface area contributed by atoms with Crippen molar-refractivity contribution in [2.24, 2.45) is 0 Å². The maximum absolute atomic E-state index is 11.6. The Balaban J connectivity index is 4.15. The third-order valence-electron chi connectivity index (χ3n) is 0.771. The Morgan fingerprint density at radius 2 is 1.50 bits per heavy atom. The molecule has 73 valence electrons. The van der Waals surface area contributed by atoms with E-state index >= 15 is 0 Å². The predicted molar refractivity (Wildman–Crippen MR) is 55.2 cm³/mol. The van der Waals surface area contributed by atoms with E-state index in [2.05, 4.69) is 11.7 Å². The van der Waals surface area contributed by atoms with E-state index in [1.165, 1.54) is 0 Å². The fourth-order valence-corrected chi connectivity index (χ4v) is 3.61. The van der Waals surface area contributed by atoms with Gasteiger partial charge in [0, 0.05) is 10.4 Å². The third-order valence-corrected chi connectivity index (χ3v) is 5.02. The SMILES string of the molecule is CC(C)OP(=O)(OC(C)C)S[S]. The van der Waals surface area contributed by atoms with Gasteiger partial charge in [0.25, 0.3) is 0 Å². The first-order valence-electron chi connectivity index (χ1n) is 3.68. The van der Waals surface area contributed by atoms with Crippen molar-refractivity contribution in [3.05, 3.63) is 0 Å². The molecule has 0 N–H and O–H groups in total. The molecule has 0 aromatic rings. The van der Waals surface area contributed by atoms with Crippen molar-refractivity contribution >= 4 is 28.9 Å². The average molecular weight is 229 g/mol. The van der Waals surface area contributed by atoms with Gasteiger partial charge in [0.1, 0.15) is 0 Å². The summed E-state index contributed by atoms with van der Waals surface area (Å²) in [6.45, 7) is 4.09. The highest BCUT2D eigenvalue weighted by Crippen LogP contribution is 2.63. The standard InChI is InChI=1S/C6H14O3PS2/c1-5(2)8-10(7,12-11)9-6(3)4/h5-6H,1-4H3. The van der Waals surface area contributed by atoms with Gasteiger partial charge in [0.05, 0.1) is 12.2 Å². The minimum absolute atomic E-state index is 0.134. The maximum atomic E-state index is 11.6. The molecule has 0 aliphatic carbocycles. The van der Waals surface area contributed by atoms with Crippen molar-refractivity contribution in [2.75, 3.05) is 0 Å². The van der Waals surface area contributed by atoms with Crippen LogP contribution in [-0.2, 0) is 13.6 Å². The van der Waals surface area contributed by atoms with Gasteiger partial charge in [-0.15, -0.1) is 0 Å². The van der Waals surface area contributed by atoms with Gasteiger partial charge >= 0.3 is 6.80 Å². The van der Waals surface area contributed by atoms with Crippen LogP contribution in [0.4, 0.5) is 0 Å². The summed E-state index contributed by atoms with van der Waals surface area (Å²) in [6.07, 6.45) is -0.268. The van der Waals surface area contributed by atoms with Crippen LogP contribution in [0.15, 0.2) is 0 Å². The minimum Gasteiger partial charge on any atom is -0.297 e. The van der Waals surface area contributed by atoms with E-state index in [1.54, 1.807) is 27.7 Å². The highest BCUT2D eigenvalue weighted by molar-refractivity contribution is 8.93. The Labute approximate surface area is 82.7 Å². The molecular formula is C6H14O3PS2. The lowest BCUT2D eigenvalue weighted by Crippen LogP contribution is -2.05. The van der Waals surface area contributed by atoms with Crippen LogP contribution in [0, 0.1) is 0 Å². The molecule has 0 saturated heterocycles. The molecule has 0 aliphatic rings. The minimum atomic E-state index is -3.08. The van der Waals surface area contributed by atoms with Gasteiger partial charge in [-0.25, -0.2) is 4.57 Å². The van der Waals surface area contributed by atoms with Crippen LogP contribution in [0.1, 0.15) is 27.7 Å². The van der Waals surface area contributed by atoms with Crippen LogP contribution in [0.5, 0.6) is 0 Å². The normalized spacial score (nSPS) is 12.9. The lowest BCUT2D eigenvalue weighted by molar-refractivity contribution is 0.156. The molecule has 6 heteroatoms. The van der Waals surface area contributed by atoms with Crippen LogP contribution in [0.3, 0.4) is 0 Å². The van der Waals surface area contributed by atoms with Gasteiger partial charge in [0.15, 0.2) is 0 Å². The Morgan fingerprint density at radius 3 is 1.67 bits per heavy atom. The fraction of sp³-hybridized carbons (Fsp3) is 1.00. The number of hydrogen-bond donors (Lipinski definition) is 0. The molecule has 0 saturated carbocycles. The monoisotopic (exact) mass is 229 g/mol. The fourth-order valence-electron chi connectivity index (χ4n) is 0.576. The molecule has 0 atom stereocenters. The van der Waals surface area contributed by atoms with Gasteiger partial charge in [0.2, 0.25) is 0 Å². The summed E-state index contributed by atoms with van der Waals surface area (Å²) in [7, 11) is 0.723. The van der Waals surface area contributed by atoms with Crippen molar-refractivity contribution < 1.29 is 13.6 Å². The summed E-state index contributed by atoms with van der Waals surface area (Å²) in [4.78, 5) is 0. The first-order chi connectivity index (χ1) is 5.39. The Hall–Kier alpha value is 0.850. The van der Waals surface area contributed by atoms with Crippen LogP contribution < -0.4 is 0 Å². The molecule has 0 rings (SSSR count). The lowest BCUT2D eigenvalue weighted by Gasteiger charge is -2.19. The zero-order chi connectivity index (χ0) is 9.78. The maximum Gasteiger partial charge on any atom is 0.400 e. The Morgan fingerprint density at radius 1 is 1.17 bits per heavy atom. The molecule has 12 heavy (non-hydrogen) atoms. The second-order valence-electron chi connectivity index (χ2n) is 2.83. The van der Waals surface area contributed by atoms with Crippen molar-refractivity contribution in [1.29, 1.82) is 0 Å². The molecule has 0 bridgehead atoms. The summed E-state index contributed by atoms with van der Waals surface area (Å²) in [5, 5.41) is 0. The largest absolute Gasteiger partial charge is 0.400 e. The molecule has 0 spiro atoms. The van der Waals surface area contributed by atoms with Gasteiger partial charge in [-0.2, -0.15) is 0 Å². The Bertz CT molecular complexity index is 158. The number of hydrogen-bond acceptors (Lipinski definition) is 4. The van der Waals surface area contributed by atoms with Gasteiger partial charge < -0.3 is 0 Å². The molecule has 0 aromatic carbocycles. The van der Waals surface area contributed by atoms with Crippen LogP contribution >= 0.6 is 28.9 Å². The zero-order valence-corrected chi connectivity index (χ0v) is 10.2. The molecule has 0 amide bonds. The quantitative estimate of drug-likeness (QED) is 0.530.